The molecule has 1 aromatic carbocycles. The fourth-order valence-corrected chi connectivity index (χ4v) is 3.70. The molecule has 1 aliphatic rings. The molecule has 1 amide bonds. The molecule has 0 bridgehead atoms. The van der Waals surface area contributed by atoms with E-state index in [2.05, 4.69) is 15.9 Å². The average Bonchev–Trinajstić information content (AvgIpc) is 2.69. The number of carbonyl (C=O) groups is 2. The topological polar surface area (TPSA) is 60.4 Å². The molecule has 2 rings (SSSR count). The molecule has 1 aliphatic heterocycles. The van der Waals surface area contributed by atoms with Crippen molar-refractivity contribution < 1.29 is 14.7 Å². The maximum absolute atomic E-state index is 12.5. The Balaban J connectivity index is 2.32. The van der Waals surface area contributed by atoms with Crippen molar-refractivity contribution in [1.29, 1.82) is 0 Å². The fourth-order valence-electron chi connectivity index (χ4n) is 2.11. The van der Waals surface area contributed by atoms with Gasteiger partial charge in [-0.3, -0.25) is 9.69 Å². The van der Waals surface area contributed by atoms with Gasteiger partial charge in [0.05, 0.1) is 16.9 Å². The van der Waals surface area contributed by atoms with E-state index in [4.69, 9.17) is 12.2 Å². The Kier molecular flexibility index (Phi) is 5.41. The Hall–Kier alpha value is -1.18. The SMILES string of the molecule is CC(C)[C@@H](C(=O)[O-])N1C(=O)/C(=C/c2ccc(Br)cc2)SC1=S. The number of halogens is 1. The number of thiocarbonyl (C=S) groups is 1. The van der Waals surface area contributed by atoms with E-state index in [1.807, 2.05) is 24.3 Å². The van der Waals surface area contributed by atoms with Gasteiger partial charge in [-0.2, -0.15) is 0 Å². The van der Waals surface area contributed by atoms with Gasteiger partial charge >= 0.3 is 0 Å². The van der Waals surface area contributed by atoms with Crippen LogP contribution in [0.2, 0.25) is 0 Å². The van der Waals surface area contributed by atoms with Crippen molar-refractivity contribution in [2.45, 2.75) is 19.9 Å². The van der Waals surface area contributed by atoms with Crippen LogP contribution in [0.15, 0.2) is 33.6 Å². The third-order valence-corrected chi connectivity index (χ3v) is 5.00. The number of carboxylic acid groups (broad SMARTS) is 1. The molecule has 7 heteroatoms. The summed E-state index contributed by atoms with van der Waals surface area (Å²) in [7, 11) is 0. The van der Waals surface area contributed by atoms with E-state index in [9.17, 15) is 14.7 Å². The molecule has 22 heavy (non-hydrogen) atoms. The first-order valence-corrected chi connectivity index (χ1v) is 8.56. The first-order chi connectivity index (χ1) is 10.3. The first kappa shape index (κ1) is 17.2. The minimum Gasteiger partial charge on any atom is -0.548 e. The van der Waals surface area contributed by atoms with Crippen molar-refractivity contribution in [1.82, 2.24) is 4.90 Å². The van der Waals surface area contributed by atoms with Gasteiger partial charge in [0.25, 0.3) is 5.91 Å². The van der Waals surface area contributed by atoms with E-state index in [0.717, 1.165) is 26.7 Å². The summed E-state index contributed by atoms with van der Waals surface area (Å²) in [6.07, 6.45) is 1.71. The van der Waals surface area contributed by atoms with Gasteiger partial charge in [0, 0.05) is 4.47 Å². The molecule has 0 saturated carbocycles. The van der Waals surface area contributed by atoms with Crippen LogP contribution in [0.3, 0.4) is 0 Å². The average molecular weight is 399 g/mol. The molecule has 0 aliphatic carbocycles. The van der Waals surface area contributed by atoms with Crippen molar-refractivity contribution in [3.8, 4) is 0 Å². The Morgan fingerprint density at radius 3 is 2.45 bits per heavy atom. The molecule has 0 radical (unpaired) electrons. The van der Waals surface area contributed by atoms with Gasteiger partial charge in [-0.1, -0.05) is 65.9 Å². The third kappa shape index (κ3) is 3.59. The number of amides is 1. The highest BCUT2D eigenvalue weighted by Crippen LogP contribution is 2.35. The lowest BCUT2D eigenvalue weighted by atomic mass is 10.0. The second-order valence-corrected chi connectivity index (χ2v) is 7.70. The lowest BCUT2D eigenvalue weighted by Crippen LogP contribution is -2.52. The summed E-state index contributed by atoms with van der Waals surface area (Å²) in [6, 6.07) is 6.39. The lowest BCUT2D eigenvalue weighted by molar-refractivity contribution is -0.311. The van der Waals surface area contributed by atoms with Crippen LogP contribution in [0.5, 0.6) is 0 Å². The quantitative estimate of drug-likeness (QED) is 0.575. The number of nitrogens with zero attached hydrogens (tertiary/aromatic N) is 1. The summed E-state index contributed by atoms with van der Waals surface area (Å²) in [4.78, 5) is 25.4. The summed E-state index contributed by atoms with van der Waals surface area (Å²) in [5, 5.41) is 11.3. The van der Waals surface area contributed by atoms with Crippen LogP contribution in [0, 0.1) is 5.92 Å². The van der Waals surface area contributed by atoms with Crippen molar-refractivity contribution in [2.75, 3.05) is 0 Å². The molecular formula is C15H13BrNO3S2-. The molecule has 0 N–H and O–H groups in total. The Morgan fingerprint density at radius 2 is 1.95 bits per heavy atom. The van der Waals surface area contributed by atoms with E-state index >= 15 is 0 Å². The molecule has 0 aromatic heterocycles. The number of aliphatic carboxylic acids is 1. The van der Waals surface area contributed by atoms with Gasteiger partial charge < -0.3 is 9.90 Å². The fraction of sp³-hybridized carbons (Fsp3) is 0.267. The monoisotopic (exact) mass is 398 g/mol. The summed E-state index contributed by atoms with van der Waals surface area (Å²) in [6.45, 7) is 3.44. The largest absolute Gasteiger partial charge is 0.548 e. The van der Waals surface area contributed by atoms with Crippen molar-refractivity contribution >= 4 is 62.2 Å². The zero-order valence-corrected chi connectivity index (χ0v) is 15.1. The van der Waals surface area contributed by atoms with Crippen molar-refractivity contribution in [2.24, 2.45) is 5.92 Å². The Morgan fingerprint density at radius 1 is 1.36 bits per heavy atom. The van der Waals surface area contributed by atoms with Gasteiger partial charge in [0.15, 0.2) is 0 Å². The highest BCUT2D eigenvalue weighted by molar-refractivity contribution is 9.10. The van der Waals surface area contributed by atoms with Gasteiger partial charge in [-0.15, -0.1) is 0 Å². The van der Waals surface area contributed by atoms with Crippen molar-refractivity contribution in [3.63, 3.8) is 0 Å². The molecule has 1 aromatic rings. The molecule has 4 nitrogen and oxygen atoms in total. The number of hydrogen-bond donors (Lipinski definition) is 0. The highest BCUT2D eigenvalue weighted by Gasteiger charge is 2.38. The predicted molar refractivity (Wildman–Crippen MR) is 92.8 cm³/mol. The third-order valence-electron chi connectivity index (χ3n) is 3.14. The number of hydrogen-bond acceptors (Lipinski definition) is 5. The van der Waals surface area contributed by atoms with E-state index in [1.165, 1.54) is 0 Å². The second-order valence-electron chi connectivity index (χ2n) is 5.11. The molecule has 116 valence electrons. The first-order valence-electron chi connectivity index (χ1n) is 6.54. The smallest absolute Gasteiger partial charge is 0.266 e. The number of thioether (sulfide) groups is 1. The van der Waals surface area contributed by atoms with E-state index in [-0.39, 0.29) is 16.1 Å². The van der Waals surface area contributed by atoms with Gasteiger partial charge in [0.1, 0.15) is 4.32 Å². The van der Waals surface area contributed by atoms with Crippen LogP contribution in [0.4, 0.5) is 0 Å². The van der Waals surface area contributed by atoms with Gasteiger partial charge in [0.2, 0.25) is 0 Å². The van der Waals surface area contributed by atoms with Crippen LogP contribution in [0.25, 0.3) is 6.08 Å². The van der Waals surface area contributed by atoms with E-state index < -0.39 is 12.0 Å². The van der Waals surface area contributed by atoms with Gasteiger partial charge in [-0.05, 0) is 29.7 Å². The zero-order chi connectivity index (χ0) is 16.4. The minimum atomic E-state index is -1.30. The Bertz CT molecular complexity index is 655. The summed E-state index contributed by atoms with van der Waals surface area (Å²) in [5.41, 5.74) is 0.846. The molecule has 1 atom stereocenters. The number of benzene rings is 1. The number of carbonyl (C=O) groups excluding carboxylic acids is 2. The summed E-state index contributed by atoms with van der Waals surface area (Å²) < 4.78 is 1.19. The highest BCUT2D eigenvalue weighted by atomic mass is 79.9. The zero-order valence-electron chi connectivity index (χ0n) is 11.9. The van der Waals surface area contributed by atoms with Crippen LogP contribution in [-0.4, -0.2) is 27.1 Å². The molecule has 1 fully saturated rings. The standard InChI is InChI=1S/C15H14BrNO3S2/c1-8(2)12(14(19)20)17-13(18)11(22-15(17)21)7-9-3-5-10(16)6-4-9/h3-8,12H,1-2H3,(H,19,20)/p-1/b11-7-/t12-/m0/s1. The normalized spacial score (nSPS) is 18.4. The molecule has 1 saturated heterocycles. The maximum atomic E-state index is 12.5. The number of carboxylic acids is 1. The molecular weight excluding hydrogens is 386 g/mol. The molecule has 1 heterocycles. The van der Waals surface area contributed by atoms with E-state index in [1.54, 1.807) is 19.9 Å². The van der Waals surface area contributed by atoms with Crippen LogP contribution in [-0.2, 0) is 9.59 Å². The molecule has 0 spiro atoms. The number of rotatable bonds is 4. The molecule has 0 unspecified atom stereocenters. The van der Waals surface area contributed by atoms with Crippen LogP contribution < -0.4 is 5.11 Å². The Labute approximate surface area is 146 Å². The lowest BCUT2D eigenvalue weighted by Gasteiger charge is -2.30. The predicted octanol–water partition coefficient (Wildman–Crippen LogP) is 2.42. The minimum absolute atomic E-state index is 0.247. The summed E-state index contributed by atoms with van der Waals surface area (Å²) >= 11 is 9.63. The maximum Gasteiger partial charge on any atom is 0.266 e. The van der Waals surface area contributed by atoms with Gasteiger partial charge in [-0.25, -0.2) is 0 Å². The van der Waals surface area contributed by atoms with Crippen LogP contribution >= 0.6 is 39.9 Å². The van der Waals surface area contributed by atoms with Crippen LogP contribution in [0.1, 0.15) is 19.4 Å². The van der Waals surface area contributed by atoms with E-state index in [0.29, 0.717) is 4.91 Å². The second kappa shape index (κ2) is 6.93. The summed E-state index contributed by atoms with van der Waals surface area (Å²) in [5.74, 6) is -1.98. The van der Waals surface area contributed by atoms with Crippen molar-refractivity contribution in [3.05, 3.63) is 39.2 Å².